The predicted molar refractivity (Wildman–Crippen MR) is 95.7 cm³/mol. The number of nitrogens with one attached hydrogen (secondary N) is 1. The van der Waals surface area contributed by atoms with Gasteiger partial charge in [0.15, 0.2) is 0 Å². The number of halogens is 1. The van der Waals surface area contributed by atoms with E-state index in [0.717, 1.165) is 17.1 Å². The van der Waals surface area contributed by atoms with Gasteiger partial charge in [-0.2, -0.15) is 0 Å². The molecule has 2 amide bonds. The van der Waals surface area contributed by atoms with Crippen molar-refractivity contribution in [2.75, 3.05) is 18.8 Å². The Labute approximate surface area is 157 Å². The largest absolute Gasteiger partial charge is 0.352 e. The van der Waals surface area contributed by atoms with Crippen LogP contribution in [0.2, 0.25) is 0 Å². The number of sulfonamides is 1. The summed E-state index contributed by atoms with van der Waals surface area (Å²) in [7, 11) is -3.55. The van der Waals surface area contributed by atoms with E-state index in [9.17, 15) is 22.4 Å². The first-order valence-electron chi connectivity index (χ1n) is 9.17. The highest BCUT2D eigenvalue weighted by Crippen LogP contribution is 2.34. The second kappa shape index (κ2) is 6.87. The number of carbonyl (C=O) groups excluding carboxylic acids is 2. The molecule has 0 bridgehead atoms. The SMILES string of the molecule is O=C(Cc1cccc(F)c1)N[C@H]1C[C@H]2C(=O)N(C3CC3)S(=O)(=O)CCN2C1. The van der Waals surface area contributed by atoms with Gasteiger partial charge >= 0.3 is 0 Å². The first-order chi connectivity index (χ1) is 12.8. The molecular weight excluding hydrogens is 373 g/mol. The van der Waals surface area contributed by atoms with Crippen LogP contribution in [0, 0.1) is 5.82 Å². The fourth-order valence-corrected chi connectivity index (χ4v) is 5.68. The number of benzene rings is 1. The Bertz CT molecular complexity index is 871. The summed E-state index contributed by atoms with van der Waals surface area (Å²) in [5.74, 6) is -1.06. The standard InChI is InChI=1S/C18H22FN3O4S/c19-13-3-1-2-12(8-13)9-17(23)20-14-10-16-18(24)22(15-4-5-15)27(25,26)7-6-21(16)11-14/h1-3,8,14-16H,4-7,9-11H2,(H,20,23)/t14-,16-/m0/s1. The molecule has 2 atom stereocenters. The van der Waals surface area contributed by atoms with Crippen molar-refractivity contribution in [1.29, 1.82) is 0 Å². The molecule has 1 aliphatic carbocycles. The lowest BCUT2D eigenvalue weighted by Crippen LogP contribution is -2.45. The van der Waals surface area contributed by atoms with Gasteiger partial charge in [-0.3, -0.25) is 14.5 Å². The molecule has 0 spiro atoms. The van der Waals surface area contributed by atoms with E-state index in [0.29, 0.717) is 18.5 Å². The van der Waals surface area contributed by atoms with Crippen LogP contribution in [-0.4, -0.2) is 66.4 Å². The van der Waals surface area contributed by atoms with Gasteiger partial charge in [0, 0.05) is 25.2 Å². The van der Waals surface area contributed by atoms with Gasteiger partial charge in [-0.25, -0.2) is 17.1 Å². The monoisotopic (exact) mass is 395 g/mol. The Hall–Kier alpha value is -2.00. The second-order valence-electron chi connectivity index (χ2n) is 7.50. The minimum atomic E-state index is -3.55. The summed E-state index contributed by atoms with van der Waals surface area (Å²) in [6.07, 6.45) is 1.92. The fourth-order valence-electron chi connectivity index (χ4n) is 3.95. The van der Waals surface area contributed by atoms with Crippen LogP contribution in [0.1, 0.15) is 24.8 Å². The first kappa shape index (κ1) is 18.4. The van der Waals surface area contributed by atoms with E-state index in [4.69, 9.17) is 0 Å². The summed E-state index contributed by atoms with van der Waals surface area (Å²) < 4.78 is 39.1. The van der Waals surface area contributed by atoms with E-state index < -0.39 is 16.1 Å². The van der Waals surface area contributed by atoms with E-state index in [2.05, 4.69) is 5.32 Å². The molecule has 9 heteroatoms. The van der Waals surface area contributed by atoms with Crippen molar-refractivity contribution in [3.05, 3.63) is 35.6 Å². The molecule has 0 unspecified atom stereocenters. The van der Waals surface area contributed by atoms with E-state index >= 15 is 0 Å². The van der Waals surface area contributed by atoms with E-state index in [1.54, 1.807) is 12.1 Å². The van der Waals surface area contributed by atoms with Crippen LogP contribution >= 0.6 is 0 Å². The Balaban J connectivity index is 1.41. The molecule has 3 fully saturated rings. The lowest BCUT2D eigenvalue weighted by Gasteiger charge is -2.23. The van der Waals surface area contributed by atoms with E-state index in [1.807, 2.05) is 4.90 Å². The lowest BCUT2D eigenvalue weighted by atomic mass is 10.1. The first-order valence-corrected chi connectivity index (χ1v) is 10.8. The molecule has 3 aliphatic rings. The smallest absolute Gasteiger partial charge is 0.253 e. The normalized spacial score (nSPS) is 27.9. The number of hydrogen-bond donors (Lipinski definition) is 1. The van der Waals surface area contributed by atoms with Gasteiger partial charge in [0.2, 0.25) is 15.9 Å². The molecule has 1 N–H and O–H groups in total. The summed E-state index contributed by atoms with van der Waals surface area (Å²) in [4.78, 5) is 27.0. The minimum absolute atomic E-state index is 0.0649. The fraction of sp³-hybridized carbons (Fsp3) is 0.556. The number of nitrogens with zero attached hydrogens (tertiary/aromatic N) is 2. The third-order valence-electron chi connectivity index (χ3n) is 5.34. The van der Waals surface area contributed by atoms with E-state index in [-0.39, 0.29) is 48.4 Å². The van der Waals surface area contributed by atoms with E-state index in [1.165, 1.54) is 12.1 Å². The summed E-state index contributed by atoms with van der Waals surface area (Å²) in [5.41, 5.74) is 0.585. The molecule has 4 rings (SSSR count). The van der Waals surface area contributed by atoms with Gasteiger partial charge in [0.05, 0.1) is 18.2 Å². The van der Waals surface area contributed by atoms with Crippen LogP contribution in [-0.2, 0) is 26.0 Å². The Morgan fingerprint density at radius 3 is 2.78 bits per heavy atom. The molecule has 2 saturated heterocycles. The van der Waals surface area contributed by atoms with Crippen LogP contribution in [0.3, 0.4) is 0 Å². The van der Waals surface area contributed by atoms with Crippen LogP contribution in [0.15, 0.2) is 24.3 Å². The molecule has 2 heterocycles. The maximum Gasteiger partial charge on any atom is 0.253 e. The molecule has 146 valence electrons. The van der Waals surface area contributed by atoms with Crippen molar-refractivity contribution >= 4 is 21.8 Å². The van der Waals surface area contributed by atoms with Crippen molar-refractivity contribution in [2.45, 2.75) is 43.8 Å². The zero-order valence-electron chi connectivity index (χ0n) is 14.8. The topological polar surface area (TPSA) is 86.8 Å². The Kier molecular flexibility index (Phi) is 4.67. The number of amides is 2. The molecule has 1 aromatic carbocycles. The van der Waals surface area contributed by atoms with Crippen molar-refractivity contribution < 1.29 is 22.4 Å². The van der Waals surface area contributed by atoms with Gasteiger partial charge in [-0.05, 0) is 37.0 Å². The van der Waals surface area contributed by atoms with Crippen molar-refractivity contribution in [2.24, 2.45) is 0 Å². The average Bonchev–Trinajstić information content (AvgIpc) is 3.33. The number of fused-ring (bicyclic) bond motifs is 1. The zero-order valence-corrected chi connectivity index (χ0v) is 15.6. The molecule has 0 aromatic heterocycles. The summed E-state index contributed by atoms with van der Waals surface area (Å²) in [6, 6.07) is 4.97. The Morgan fingerprint density at radius 1 is 1.30 bits per heavy atom. The summed E-state index contributed by atoms with van der Waals surface area (Å²) in [5, 5.41) is 2.90. The molecule has 1 saturated carbocycles. The highest BCUT2D eigenvalue weighted by molar-refractivity contribution is 7.89. The lowest BCUT2D eigenvalue weighted by molar-refractivity contribution is -0.131. The van der Waals surface area contributed by atoms with Crippen molar-refractivity contribution in [1.82, 2.24) is 14.5 Å². The molecule has 0 radical (unpaired) electrons. The van der Waals surface area contributed by atoms with Gasteiger partial charge in [0.25, 0.3) is 5.91 Å². The molecule has 27 heavy (non-hydrogen) atoms. The van der Waals surface area contributed by atoms with Crippen LogP contribution < -0.4 is 5.32 Å². The zero-order chi connectivity index (χ0) is 19.2. The van der Waals surface area contributed by atoms with Gasteiger partial charge in [0.1, 0.15) is 5.82 Å². The maximum absolute atomic E-state index is 13.2. The third-order valence-corrected chi connectivity index (χ3v) is 7.12. The third kappa shape index (κ3) is 3.84. The van der Waals surface area contributed by atoms with Gasteiger partial charge in [-0.1, -0.05) is 12.1 Å². The number of hydrogen-bond acceptors (Lipinski definition) is 5. The maximum atomic E-state index is 13.2. The highest BCUT2D eigenvalue weighted by atomic mass is 32.2. The Morgan fingerprint density at radius 2 is 2.07 bits per heavy atom. The minimum Gasteiger partial charge on any atom is -0.352 e. The van der Waals surface area contributed by atoms with Crippen LogP contribution in [0.4, 0.5) is 4.39 Å². The van der Waals surface area contributed by atoms with Crippen LogP contribution in [0.25, 0.3) is 0 Å². The average molecular weight is 395 g/mol. The molecular formula is C18H22FN3O4S. The summed E-state index contributed by atoms with van der Waals surface area (Å²) in [6.45, 7) is 0.734. The van der Waals surface area contributed by atoms with Crippen molar-refractivity contribution in [3.8, 4) is 0 Å². The number of rotatable bonds is 4. The van der Waals surface area contributed by atoms with Gasteiger partial charge in [-0.15, -0.1) is 0 Å². The van der Waals surface area contributed by atoms with Gasteiger partial charge < -0.3 is 5.32 Å². The highest BCUT2D eigenvalue weighted by Gasteiger charge is 2.49. The number of carbonyl (C=O) groups is 2. The predicted octanol–water partition coefficient (Wildman–Crippen LogP) is 0.262. The van der Waals surface area contributed by atoms with Crippen LogP contribution in [0.5, 0.6) is 0 Å². The molecule has 7 nitrogen and oxygen atoms in total. The molecule has 2 aliphatic heterocycles. The summed E-state index contributed by atoms with van der Waals surface area (Å²) >= 11 is 0. The molecule has 1 aromatic rings. The van der Waals surface area contributed by atoms with Crippen molar-refractivity contribution in [3.63, 3.8) is 0 Å². The second-order valence-corrected chi connectivity index (χ2v) is 9.46. The quantitative estimate of drug-likeness (QED) is 0.791.